The van der Waals surface area contributed by atoms with Crippen LogP contribution >= 0.6 is 7.29 Å². The fourth-order valence-electron chi connectivity index (χ4n) is 2.93. The zero-order valence-electron chi connectivity index (χ0n) is 15.0. The Labute approximate surface area is 149 Å². The Balaban J connectivity index is 2.47. The summed E-state index contributed by atoms with van der Waals surface area (Å²) in [5.74, 6) is -0.738. The number of nitrogens with zero attached hydrogens (tertiary/aromatic N) is 1. The van der Waals surface area contributed by atoms with Gasteiger partial charge in [-0.15, -0.1) is 0 Å². The number of carbonyl (C=O) groups is 1. The third-order valence-corrected chi connectivity index (χ3v) is 6.91. The lowest BCUT2D eigenvalue weighted by Crippen LogP contribution is -2.41. The van der Waals surface area contributed by atoms with E-state index in [0.717, 1.165) is 5.56 Å². The van der Waals surface area contributed by atoms with Crippen molar-refractivity contribution in [1.29, 1.82) is 0 Å². The minimum absolute atomic E-state index is 0.190. The van der Waals surface area contributed by atoms with Gasteiger partial charge >= 0.3 is 5.97 Å². The van der Waals surface area contributed by atoms with E-state index in [4.69, 9.17) is 0 Å². The summed E-state index contributed by atoms with van der Waals surface area (Å²) in [5, 5.41) is 10.5. The third-order valence-electron chi connectivity index (χ3n) is 4.25. The van der Waals surface area contributed by atoms with Gasteiger partial charge < -0.3 is 9.67 Å². The Bertz CT molecular complexity index is 731. The Kier molecular flexibility index (Phi) is 6.57. The Hall–Kier alpha value is -1.90. The summed E-state index contributed by atoms with van der Waals surface area (Å²) in [7, 11) is -3.03. The van der Waals surface area contributed by atoms with Crippen LogP contribution in [0.25, 0.3) is 0 Å². The van der Waals surface area contributed by atoms with Gasteiger partial charge in [0, 0.05) is 18.5 Å². The largest absolute Gasteiger partial charge is 0.480 e. The van der Waals surface area contributed by atoms with Crippen LogP contribution < -0.4 is 5.30 Å². The first kappa shape index (κ1) is 19.4. The summed E-state index contributed by atoms with van der Waals surface area (Å²) < 4.78 is 15.4. The average Bonchev–Trinajstić information content (AvgIpc) is 2.59. The van der Waals surface area contributed by atoms with Crippen LogP contribution in [0.4, 0.5) is 0 Å². The van der Waals surface area contributed by atoms with Crippen LogP contribution in [-0.2, 0) is 15.9 Å². The number of rotatable bonds is 8. The van der Waals surface area contributed by atoms with Gasteiger partial charge in [0.25, 0.3) is 0 Å². The molecular formula is C20H26NO3P. The van der Waals surface area contributed by atoms with E-state index in [1.54, 1.807) is 11.3 Å². The van der Waals surface area contributed by atoms with E-state index in [1.807, 2.05) is 74.5 Å². The van der Waals surface area contributed by atoms with E-state index in [2.05, 4.69) is 0 Å². The molecule has 4 nitrogen and oxygen atoms in total. The second-order valence-corrected chi connectivity index (χ2v) is 9.57. The summed E-state index contributed by atoms with van der Waals surface area (Å²) >= 11 is 0. The molecule has 2 atom stereocenters. The Morgan fingerprint density at radius 1 is 1.04 bits per heavy atom. The van der Waals surface area contributed by atoms with Crippen LogP contribution in [-0.4, -0.2) is 28.5 Å². The monoisotopic (exact) mass is 359 g/mol. The van der Waals surface area contributed by atoms with Crippen LogP contribution in [0.3, 0.4) is 0 Å². The molecule has 134 valence electrons. The van der Waals surface area contributed by atoms with E-state index in [-0.39, 0.29) is 5.92 Å². The van der Waals surface area contributed by atoms with Gasteiger partial charge in [-0.3, -0.25) is 4.79 Å². The number of hydrogen-bond acceptors (Lipinski definition) is 2. The fourth-order valence-corrected chi connectivity index (χ4v) is 5.11. The van der Waals surface area contributed by atoms with E-state index < -0.39 is 19.3 Å². The van der Waals surface area contributed by atoms with Crippen molar-refractivity contribution in [3.63, 3.8) is 0 Å². The molecule has 25 heavy (non-hydrogen) atoms. The smallest absolute Gasteiger partial charge is 0.321 e. The molecule has 2 aromatic rings. The van der Waals surface area contributed by atoms with Crippen molar-refractivity contribution in [2.24, 2.45) is 5.92 Å². The van der Waals surface area contributed by atoms with Crippen molar-refractivity contribution in [2.75, 3.05) is 6.66 Å². The standard InChI is InChI=1S/C20H26NO3P/c1-16(2)14-19(20(22)23)21(15-17-10-6-4-7-11-17)25(3,24)18-12-8-5-9-13-18/h4-13,16,19H,14-15H2,1-3H3,(H,22,23)/t19-,25+/m1/s1. The summed E-state index contributed by atoms with van der Waals surface area (Å²) in [6.45, 7) is 5.98. The molecule has 0 bridgehead atoms. The highest BCUT2D eigenvalue weighted by Gasteiger charge is 2.37. The molecule has 0 aromatic heterocycles. The number of benzene rings is 2. The number of carboxylic acid groups (broad SMARTS) is 1. The van der Waals surface area contributed by atoms with Gasteiger partial charge in [-0.1, -0.05) is 74.5 Å². The first-order chi connectivity index (χ1) is 11.8. The van der Waals surface area contributed by atoms with Crippen molar-refractivity contribution >= 4 is 18.6 Å². The summed E-state index contributed by atoms with van der Waals surface area (Å²) in [6.07, 6.45) is 0.451. The number of hydrogen-bond donors (Lipinski definition) is 1. The number of carboxylic acids is 1. The highest BCUT2D eigenvalue weighted by atomic mass is 31.2. The molecule has 0 saturated heterocycles. The molecule has 0 amide bonds. The van der Waals surface area contributed by atoms with Crippen molar-refractivity contribution in [3.05, 3.63) is 66.2 Å². The normalized spacial score (nSPS) is 15.1. The molecule has 1 N–H and O–H groups in total. The maximum Gasteiger partial charge on any atom is 0.321 e. The first-order valence-corrected chi connectivity index (χ1v) is 10.6. The molecule has 5 heteroatoms. The van der Waals surface area contributed by atoms with Crippen LogP contribution in [0, 0.1) is 5.92 Å². The minimum atomic E-state index is -3.03. The van der Waals surface area contributed by atoms with Crippen LogP contribution in [0.2, 0.25) is 0 Å². The SMILES string of the molecule is CC(C)C[C@H](C(=O)O)N(Cc1ccccc1)[P@@](C)(=O)c1ccccc1. The molecule has 2 rings (SSSR count). The van der Waals surface area contributed by atoms with Gasteiger partial charge in [-0.2, -0.15) is 0 Å². The van der Waals surface area contributed by atoms with Gasteiger partial charge in [0.05, 0.1) is 0 Å². The molecule has 0 unspecified atom stereocenters. The van der Waals surface area contributed by atoms with E-state index in [1.165, 1.54) is 0 Å². The average molecular weight is 359 g/mol. The lowest BCUT2D eigenvalue weighted by atomic mass is 10.0. The molecular weight excluding hydrogens is 333 g/mol. The second-order valence-electron chi connectivity index (χ2n) is 6.78. The van der Waals surface area contributed by atoms with Crippen molar-refractivity contribution in [2.45, 2.75) is 32.9 Å². The maximum atomic E-state index is 13.7. The minimum Gasteiger partial charge on any atom is -0.480 e. The van der Waals surface area contributed by atoms with Gasteiger partial charge in [-0.25, -0.2) is 4.67 Å². The van der Waals surface area contributed by atoms with Crippen molar-refractivity contribution in [3.8, 4) is 0 Å². The van der Waals surface area contributed by atoms with Crippen molar-refractivity contribution < 1.29 is 14.5 Å². The summed E-state index contributed by atoms with van der Waals surface area (Å²) in [6, 6.07) is 18.0. The van der Waals surface area contributed by atoms with Crippen LogP contribution in [0.1, 0.15) is 25.8 Å². The van der Waals surface area contributed by atoms with Crippen LogP contribution in [0.15, 0.2) is 60.7 Å². The molecule has 0 aliphatic carbocycles. The lowest BCUT2D eigenvalue weighted by Gasteiger charge is -2.35. The third kappa shape index (κ3) is 5.04. The molecule has 0 spiro atoms. The fraction of sp³-hybridized carbons (Fsp3) is 0.350. The van der Waals surface area contributed by atoms with Gasteiger partial charge in [0.1, 0.15) is 6.04 Å². The maximum absolute atomic E-state index is 13.7. The van der Waals surface area contributed by atoms with Gasteiger partial charge in [0.15, 0.2) is 7.29 Å². The molecule has 0 saturated carbocycles. The van der Waals surface area contributed by atoms with Gasteiger partial charge in [-0.05, 0) is 17.9 Å². The molecule has 0 fully saturated rings. The quantitative estimate of drug-likeness (QED) is 0.717. The zero-order chi connectivity index (χ0) is 18.4. The zero-order valence-corrected chi connectivity index (χ0v) is 15.9. The first-order valence-electron chi connectivity index (χ1n) is 8.49. The van der Waals surface area contributed by atoms with Crippen molar-refractivity contribution in [1.82, 2.24) is 4.67 Å². The topological polar surface area (TPSA) is 57.6 Å². The Morgan fingerprint density at radius 2 is 1.56 bits per heavy atom. The summed E-state index contributed by atoms with van der Waals surface area (Å²) in [4.78, 5) is 12.0. The second kappa shape index (κ2) is 8.46. The Morgan fingerprint density at radius 3 is 2.04 bits per heavy atom. The molecule has 0 aliphatic heterocycles. The van der Waals surface area contributed by atoms with Gasteiger partial charge in [0.2, 0.25) is 0 Å². The van der Waals surface area contributed by atoms with E-state index in [9.17, 15) is 14.5 Å². The van der Waals surface area contributed by atoms with Crippen LogP contribution in [0.5, 0.6) is 0 Å². The predicted octanol–water partition coefficient (Wildman–Crippen LogP) is 4.22. The van der Waals surface area contributed by atoms with E-state index in [0.29, 0.717) is 18.3 Å². The summed E-state index contributed by atoms with van der Waals surface area (Å²) in [5.41, 5.74) is 0.954. The molecule has 0 heterocycles. The predicted molar refractivity (Wildman–Crippen MR) is 102 cm³/mol. The molecule has 0 aliphatic rings. The lowest BCUT2D eigenvalue weighted by molar-refractivity contribution is -0.142. The molecule has 0 radical (unpaired) electrons. The number of aliphatic carboxylic acids is 1. The van der Waals surface area contributed by atoms with E-state index >= 15 is 0 Å². The highest BCUT2D eigenvalue weighted by molar-refractivity contribution is 7.68. The molecule has 2 aromatic carbocycles. The highest BCUT2D eigenvalue weighted by Crippen LogP contribution is 2.48.